The Balaban J connectivity index is 1.44. The summed E-state index contributed by atoms with van der Waals surface area (Å²) in [5, 5.41) is 26.9. The molecule has 1 amide bonds. The normalized spacial score (nSPS) is 27.6. The lowest BCUT2D eigenvalue weighted by molar-refractivity contribution is -0.130. The first-order valence-electron chi connectivity index (χ1n) is 10.2. The van der Waals surface area contributed by atoms with Crippen molar-refractivity contribution in [3.8, 4) is 11.5 Å². The fourth-order valence-electron chi connectivity index (χ4n) is 4.07. The zero-order chi connectivity index (χ0) is 20.4. The Morgan fingerprint density at radius 3 is 2.76 bits per heavy atom. The van der Waals surface area contributed by atoms with Crippen LogP contribution in [-0.4, -0.2) is 62.6 Å². The number of carbonyl (C=O) groups excluding carboxylic acids is 1. The van der Waals surface area contributed by atoms with Gasteiger partial charge in [0, 0.05) is 30.9 Å². The number of carbonyl (C=O) groups is 1. The molecule has 4 rings (SSSR count). The number of aliphatic hydroxyl groups is 2. The molecule has 0 aromatic carbocycles. The number of piperidine rings is 1. The number of aliphatic hydroxyl groups excluding tert-OH is 2. The van der Waals surface area contributed by atoms with Gasteiger partial charge in [-0.15, -0.1) is 0 Å². The Kier molecular flexibility index (Phi) is 5.77. The van der Waals surface area contributed by atoms with Crippen molar-refractivity contribution in [3.05, 3.63) is 24.2 Å². The van der Waals surface area contributed by atoms with Crippen LogP contribution in [0.1, 0.15) is 37.9 Å². The van der Waals surface area contributed by atoms with Crippen LogP contribution in [0.3, 0.4) is 0 Å². The van der Waals surface area contributed by atoms with Gasteiger partial charge in [-0.25, -0.2) is 4.98 Å². The number of aromatic nitrogens is 3. The molecule has 2 fully saturated rings. The first-order valence-corrected chi connectivity index (χ1v) is 10.2. The maximum absolute atomic E-state index is 12.8. The Labute approximate surface area is 169 Å². The lowest BCUT2D eigenvalue weighted by atomic mass is 9.90. The van der Waals surface area contributed by atoms with Crippen molar-refractivity contribution < 1.29 is 19.5 Å². The SMILES string of the molecule is Cc1noc(-c2ccnc(N3CC[C@@H](O)[C@@H](C(=O)NC4CCC(O)CC4)C3)c2)n1. The molecule has 3 N–H and O–H groups in total. The molecule has 2 aliphatic rings. The third-order valence-electron chi connectivity index (χ3n) is 5.80. The molecular formula is C20H27N5O4. The van der Waals surface area contributed by atoms with Gasteiger partial charge in [-0.3, -0.25) is 4.79 Å². The number of amides is 1. The van der Waals surface area contributed by atoms with Gasteiger partial charge in [0.05, 0.1) is 18.1 Å². The van der Waals surface area contributed by atoms with E-state index in [1.807, 2.05) is 11.0 Å². The summed E-state index contributed by atoms with van der Waals surface area (Å²) in [5.41, 5.74) is 0.767. The van der Waals surface area contributed by atoms with Crippen LogP contribution in [0.4, 0.5) is 5.82 Å². The van der Waals surface area contributed by atoms with Crippen molar-refractivity contribution in [3.63, 3.8) is 0 Å². The van der Waals surface area contributed by atoms with Gasteiger partial charge in [0.1, 0.15) is 5.82 Å². The first-order chi connectivity index (χ1) is 14.0. The van der Waals surface area contributed by atoms with Gasteiger partial charge >= 0.3 is 0 Å². The molecule has 9 heteroatoms. The largest absolute Gasteiger partial charge is 0.393 e. The smallest absolute Gasteiger partial charge is 0.258 e. The minimum atomic E-state index is -0.679. The fraction of sp³-hybridized carbons (Fsp3) is 0.600. The molecule has 156 valence electrons. The minimum absolute atomic E-state index is 0.0655. The Hall–Kier alpha value is -2.52. The monoisotopic (exact) mass is 401 g/mol. The van der Waals surface area contributed by atoms with E-state index in [4.69, 9.17) is 4.52 Å². The van der Waals surface area contributed by atoms with Gasteiger partial charge in [-0.05, 0) is 51.2 Å². The van der Waals surface area contributed by atoms with Gasteiger partial charge < -0.3 is 25.0 Å². The summed E-state index contributed by atoms with van der Waals surface area (Å²) < 4.78 is 5.23. The van der Waals surface area contributed by atoms with E-state index in [1.54, 1.807) is 19.2 Å². The molecule has 0 unspecified atom stereocenters. The van der Waals surface area contributed by atoms with Crippen molar-refractivity contribution >= 4 is 11.7 Å². The number of rotatable bonds is 4. The van der Waals surface area contributed by atoms with Crippen LogP contribution >= 0.6 is 0 Å². The van der Waals surface area contributed by atoms with Crippen molar-refractivity contribution in [2.24, 2.45) is 5.92 Å². The molecule has 1 saturated heterocycles. The summed E-state index contributed by atoms with van der Waals surface area (Å²) in [5.74, 6) is 1.05. The Bertz CT molecular complexity index is 849. The highest BCUT2D eigenvalue weighted by molar-refractivity contribution is 5.80. The molecule has 2 aromatic rings. The molecular weight excluding hydrogens is 374 g/mol. The fourth-order valence-corrected chi connectivity index (χ4v) is 4.07. The Morgan fingerprint density at radius 1 is 1.24 bits per heavy atom. The molecule has 9 nitrogen and oxygen atoms in total. The zero-order valence-corrected chi connectivity index (χ0v) is 16.5. The topological polar surface area (TPSA) is 125 Å². The van der Waals surface area contributed by atoms with Crippen LogP contribution in [0.5, 0.6) is 0 Å². The van der Waals surface area contributed by atoms with Crippen LogP contribution in [0.15, 0.2) is 22.9 Å². The van der Waals surface area contributed by atoms with Gasteiger partial charge in [0.15, 0.2) is 5.82 Å². The maximum atomic E-state index is 12.8. The summed E-state index contributed by atoms with van der Waals surface area (Å²) in [4.78, 5) is 23.5. The van der Waals surface area contributed by atoms with Crippen molar-refractivity contribution in [2.75, 3.05) is 18.0 Å². The average molecular weight is 401 g/mol. The van der Waals surface area contributed by atoms with E-state index in [9.17, 15) is 15.0 Å². The van der Waals surface area contributed by atoms with Crippen LogP contribution in [0.25, 0.3) is 11.5 Å². The van der Waals surface area contributed by atoms with Gasteiger partial charge in [-0.1, -0.05) is 5.16 Å². The third-order valence-corrected chi connectivity index (χ3v) is 5.80. The molecule has 3 heterocycles. The van der Waals surface area contributed by atoms with Gasteiger partial charge in [0.2, 0.25) is 5.91 Å². The van der Waals surface area contributed by atoms with Crippen molar-refractivity contribution in [2.45, 2.75) is 57.3 Å². The summed E-state index contributed by atoms with van der Waals surface area (Å²) in [6, 6.07) is 3.73. The molecule has 1 aliphatic carbocycles. The molecule has 1 aliphatic heterocycles. The molecule has 0 bridgehead atoms. The van der Waals surface area contributed by atoms with Gasteiger partial charge in [-0.2, -0.15) is 4.98 Å². The standard InChI is InChI=1S/C20H27N5O4/c1-12-22-20(29-24-12)13-6-8-21-18(10-13)25-9-7-17(27)16(11-25)19(28)23-14-2-4-15(26)5-3-14/h6,8,10,14-17,26-27H,2-5,7,9,11H2,1H3,(H,23,28)/t14?,15?,16-,17+/m0/s1. The number of pyridine rings is 1. The number of hydrogen-bond acceptors (Lipinski definition) is 8. The van der Waals surface area contributed by atoms with E-state index in [1.165, 1.54) is 0 Å². The lowest BCUT2D eigenvalue weighted by Gasteiger charge is -2.37. The predicted octanol–water partition coefficient (Wildman–Crippen LogP) is 1.05. The number of hydrogen-bond donors (Lipinski definition) is 3. The van der Waals surface area contributed by atoms with Crippen LogP contribution in [0.2, 0.25) is 0 Å². The highest BCUT2D eigenvalue weighted by atomic mass is 16.5. The van der Waals surface area contributed by atoms with Crippen molar-refractivity contribution in [1.82, 2.24) is 20.4 Å². The molecule has 0 spiro atoms. The average Bonchev–Trinajstić information content (AvgIpc) is 3.16. The van der Waals surface area contributed by atoms with Crippen LogP contribution < -0.4 is 10.2 Å². The summed E-state index contributed by atoms with van der Waals surface area (Å²) in [6.45, 7) is 2.76. The number of aryl methyl sites for hydroxylation is 1. The number of nitrogens with one attached hydrogen (secondary N) is 1. The second kappa shape index (κ2) is 8.46. The Morgan fingerprint density at radius 2 is 2.03 bits per heavy atom. The van der Waals surface area contributed by atoms with Crippen LogP contribution in [-0.2, 0) is 4.79 Å². The molecule has 0 radical (unpaired) electrons. The molecule has 2 atom stereocenters. The zero-order valence-electron chi connectivity index (χ0n) is 16.5. The lowest BCUT2D eigenvalue weighted by Crippen LogP contribution is -2.52. The van der Waals surface area contributed by atoms with E-state index in [-0.39, 0.29) is 18.1 Å². The first kappa shape index (κ1) is 19.8. The van der Waals surface area contributed by atoms with E-state index in [0.717, 1.165) is 18.4 Å². The second-order valence-corrected chi connectivity index (χ2v) is 7.97. The molecule has 29 heavy (non-hydrogen) atoms. The number of anilines is 1. The number of nitrogens with zero attached hydrogens (tertiary/aromatic N) is 4. The van der Waals surface area contributed by atoms with E-state index in [2.05, 4.69) is 20.4 Å². The van der Waals surface area contributed by atoms with E-state index >= 15 is 0 Å². The third kappa shape index (κ3) is 4.56. The van der Waals surface area contributed by atoms with Crippen molar-refractivity contribution in [1.29, 1.82) is 0 Å². The predicted molar refractivity (Wildman–Crippen MR) is 105 cm³/mol. The van der Waals surface area contributed by atoms with E-state index < -0.39 is 12.0 Å². The summed E-state index contributed by atoms with van der Waals surface area (Å²) >= 11 is 0. The maximum Gasteiger partial charge on any atom is 0.258 e. The quantitative estimate of drug-likeness (QED) is 0.694. The summed E-state index contributed by atoms with van der Waals surface area (Å²) in [7, 11) is 0. The highest BCUT2D eigenvalue weighted by Crippen LogP contribution is 2.27. The van der Waals surface area contributed by atoms with E-state index in [0.29, 0.717) is 49.9 Å². The van der Waals surface area contributed by atoms with Gasteiger partial charge in [0.25, 0.3) is 5.89 Å². The highest BCUT2D eigenvalue weighted by Gasteiger charge is 2.35. The molecule has 2 aromatic heterocycles. The minimum Gasteiger partial charge on any atom is -0.393 e. The van der Waals surface area contributed by atoms with Crippen LogP contribution in [0, 0.1) is 12.8 Å². The second-order valence-electron chi connectivity index (χ2n) is 7.97. The summed E-state index contributed by atoms with van der Waals surface area (Å²) in [6.07, 6.45) is 4.18. The molecule has 1 saturated carbocycles.